The van der Waals surface area contributed by atoms with E-state index < -0.39 is 5.41 Å². The molecule has 8 heteroatoms. The van der Waals surface area contributed by atoms with E-state index in [0.29, 0.717) is 18.2 Å². The van der Waals surface area contributed by atoms with Gasteiger partial charge < -0.3 is 24.1 Å². The molecule has 3 aromatic rings. The molecular weight excluding hydrogens is 422 g/mol. The molecule has 0 saturated heterocycles. The first-order valence-corrected chi connectivity index (χ1v) is 11.1. The van der Waals surface area contributed by atoms with Gasteiger partial charge in [0.1, 0.15) is 36.3 Å². The zero-order chi connectivity index (χ0) is 22.7. The van der Waals surface area contributed by atoms with Gasteiger partial charge in [-0.25, -0.2) is 4.98 Å². The fraction of sp³-hybridized carbons (Fsp3) is 0.320. The molecule has 1 spiro atoms. The second kappa shape index (κ2) is 7.10. The summed E-state index contributed by atoms with van der Waals surface area (Å²) in [7, 11) is 0. The van der Waals surface area contributed by atoms with Gasteiger partial charge in [-0.1, -0.05) is 18.2 Å². The Labute approximate surface area is 190 Å². The number of ether oxygens (including phenoxy) is 2. The van der Waals surface area contributed by atoms with E-state index in [-0.39, 0.29) is 36.7 Å². The van der Waals surface area contributed by atoms with Crippen molar-refractivity contribution in [3.05, 3.63) is 70.9 Å². The molecule has 33 heavy (non-hydrogen) atoms. The highest BCUT2D eigenvalue weighted by atomic mass is 16.5. The molecule has 2 amide bonds. The third-order valence-corrected chi connectivity index (χ3v) is 6.46. The quantitative estimate of drug-likeness (QED) is 0.664. The van der Waals surface area contributed by atoms with E-state index in [4.69, 9.17) is 13.9 Å². The minimum absolute atomic E-state index is 0.0150. The zero-order valence-electron chi connectivity index (χ0n) is 18.4. The number of nitrogens with one attached hydrogen (secondary N) is 1. The van der Waals surface area contributed by atoms with Gasteiger partial charge in [-0.3, -0.25) is 9.59 Å². The molecule has 3 aliphatic rings. The number of benzene rings is 2. The van der Waals surface area contributed by atoms with Crippen molar-refractivity contribution >= 4 is 17.5 Å². The maximum Gasteiger partial charge on any atom is 0.273 e. The molecule has 4 heterocycles. The van der Waals surface area contributed by atoms with Crippen LogP contribution < -0.4 is 19.7 Å². The summed E-state index contributed by atoms with van der Waals surface area (Å²) >= 11 is 0. The van der Waals surface area contributed by atoms with Crippen LogP contribution in [-0.4, -0.2) is 36.1 Å². The van der Waals surface area contributed by atoms with Gasteiger partial charge in [-0.05, 0) is 37.1 Å². The largest absolute Gasteiger partial charge is 0.493 e. The molecule has 1 aromatic heterocycles. The Morgan fingerprint density at radius 3 is 2.88 bits per heavy atom. The van der Waals surface area contributed by atoms with Crippen molar-refractivity contribution < 1.29 is 23.5 Å². The summed E-state index contributed by atoms with van der Waals surface area (Å²) in [6, 6.07) is 11.7. The maximum absolute atomic E-state index is 14.0. The van der Waals surface area contributed by atoms with Crippen LogP contribution in [0.15, 0.2) is 47.1 Å². The summed E-state index contributed by atoms with van der Waals surface area (Å²) in [5, 5.41) is 2.79. The van der Waals surface area contributed by atoms with Gasteiger partial charge >= 0.3 is 0 Å². The van der Waals surface area contributed by atoms with Crippen LogP contribution in [0.5, 0.6) is 11.5 Å². The van der Waals surface area contributed by atoms with Crippen LogP contribution in [0.3, 0.4) is 0 Å². The lowest BCUT2D eigenvalue weighted by Crippen LogP contribution is -2.42. The van der Waals surface area contributed by atoms with Gasteiger partial charge in [0.25, 0.3) is 5.91 Å². The lowest BCUT2D eigenvalue weighted by Gasteiger charge is -2.22. The molecule has 6 rings (SSSR count). The number of rotatable bonds is 4. The molecule has 2 aromatic carbocycles. The first kappa shape index (κ1) is 19.8. The molecule has 8 nitrogen and oxygen atoms in total. The average Bonchev–Trinajstić information content (AvgIpc) is 3.56. The summed E-state index contributed by atoms with van der Waals surface area (Å²) in [4.78, 5) is 32.3. The Balaban J connectivity index is 1.38. The van der Waals surface area contributed by atoms with Crippen LogP contribution in [0, 0.1) is 0 Å². The molecule has 1 unspecified atom stereocenters. The number of para-hydroxylation sites is 1. The first-order chi connectivity index (χ1) is 16.0. The van der Waals surface area contributed by atoms with Crippen molar-refractivity contribution in [1.29, 1.82) is 0 Å². The number of anilines is 1. The molecule has 168 valence electrons. The number of nitrogens with zero attached hydrogens (tertiary/aromatic N) is 2. The van der Waals surface area contributed by atoms with E-state index >= 15 is 0 Å². The Morgan fingerprint density at radius 2 is 2.03 bits per heavy atom. The highest BCUT2D eigenvalue weighted by Crippen LogP contribution is 2.54. The van der Waals surface area contributed by atoms with E-state index in [1.54, 1.807) is 4.90 Å². The summed E-state index contributed by atoms with van der Waals surface area (Å²) in [5.41, 5.74) is 2.93. The third-order valence-electron chi connectivity index (χ3n) is 6.46. The van der Waals surface area contributed by atoms with Gasteiger partial charge in [0.2, 0.25) is 11.8 Å². The van der Waals surface area contributed by atoms with Crippen LogP contribution in [0.1, 0.15) is 46.9 Å². The Kier molecular flexibility index (Phi) is 4.27. The number of hydrogen-bond acceptors (Lipinski definition) is 6. The molecule has 1 N–H and O–H groups in total. The zero-order valence-corrected chi connectivity index (χ0v) is 18.4. The molecule has 0 aliphatic carbocycles. The lowest BCUT2D eigenvalue weighted by molar-refractivity contribution is -0.122. The lowest BCUT2D eigenvalue weighted by atomic mass is 9.76. The molecule has 3 aliphatic heterocycles. The maximum atomic E-state index is 14.0. The number of fused-ring (bicyclic) bond motifs is 5. The molecule has 0 fully saturated rings. The summed E-state index contributed by atoms with van der Waals surface area (Å²) in [5.74, 6) is 1.41. The molecular formula is C25H23N3O5. The highest BCUT2D eigenvalue weighted by Gasteiger charge is 2.57. The van der Waals surface area contributed by atoms with E-state index in [1.807, 2.05) is 44.2 Å². The van der Waals surface area contributed by atoms with Crippen LogP contribution in [0.2, 0.25) is 0 Å². The fourth-order valence-electron chi connectivity index (χ4n) is 4.96. The predicted molar refractivity (Wildman–Crippen MR) is 119 cm³/mol. The van der Waals surface area contributed by atoms with E-state index in [1.165, 1.54) is 6.26 Å². The standard InChI is InChI=1S/C25H23N3O5/c1-14(2)26-23(29)18-12-32-22(27-18)11-28-19-6-4-3-5-16(19)25(24(28)30)13-33-21-10-20-15(7-8-31-20)9-17(21)25/h3-6,9-10,12,14H,7-8,11,13H2,1-2H3,(H,26,29). The second-order valence-electron chi connectivity index (χ2n) is 8.91. The van der Waals surface area contributed by atoms with Crippen molar-refractivity contribution in [3.63, 3.8) is 0 Å². The first-order valence-electron chi connectivity index (χ1n) is 11.1. The van der Waals surface area contributed by atoms with Crippen molar-refractivity contribution in [3.8, 4) is 11.5 Å². The third kappa shape index (κ3) is 2.86. The monoisotopic (exact) mass is 445 g/mol. The molecule has 0 saturated carbocycles. The minimum Gasteiger partial charge on any atom is -0.493 e. The number of hydrogen-bond donors (Lipinski definition) is 1. The van der Waals surface area contributed by atoms with Crippen LogP contribution in [0.25, 0.3) is 0 Å². The van der Waals surface area contributed by atoms with Crippen molar-refractivity contribution in [2.24, 2.45) is 0 Å². The molecule has 0 radical (unpaired) electrons. The smallest absolute Gasteiger partial charge is 0.273 e. The Morgan fingerprint density at radius 1 is 1.18 bits per heavy atom. The fourth-order valence-corrected chi connectivity index (χ4v) is 4.96. The van der Waals surface area contributed by atoms with Crippen molar-refractivity contribution in [2.45, 2.75) is 38.3 Å². The van der Waals surface area contributed by atoms with E-state index in [9.17, 15) is 9.59 Å². The van der Waals surface area contributed by atoms with E-state index in [2.05, 4.69) is 16.4 Å². The number of carbonyl (C=O) groups excluding carboxylic acids is 2. The van der Waals surface area contributed by atoms with Crippen molar-refractivity contribution in [1.82, 2.24) is 10.3 Å². The average molecular weight is 445 g/mol. The SMILES string of the molecule is CC(C)NC(=O)c1coc(CN2C(=O)C3(COc4cc5c(cc43)CCO5)c3ccccc32)n1. The van der Waals surface area contributed by atoms with Gasteiger partial charge in [-0.2, -0.15) is 0 Å². The number of oxazole rings is 1. The predicted octanol–water partition coefficient (Wildman–Crippen LogP) is 2.97. The van der Waals surface area contributed by atoms with Crippen LogP contribution in [-0.2, 0) is 23.2 Å². The molecule has 0 bridgehead atoms. The highest BCUT2D eigenvalue weighted by molar-refractivity contribution is 6.11. The van der Waals surface area contributed by atoms with Gasteiger partial charge in [-0.15, -0.1) is 0 Å². The summed E-state index contributed by atoms with van der Waals surface area (Å²) in [6.45, 7) is 4.74. The number of aromatic nitrogens is 1. The van der Waals surface area contributed by atoms with Crippen LogP contribution >= 0.6 is 0 Å². The Bertz CT molecular complexity index is 1300. The number of amides is 2. The Hall–Kier alpha value is -3.81. The number of carbonyl (C=O) groups is 2. The van der Waals surface area contributed by atoms with Gasteiger partial charge in [0.05, 0.1) is 6.61 Å². The normalized spacial score (nSPS) is 20.0. The molecule has 1 atom stereocenters. The summed E-state index contributed by atoms with van der Waals surface area (Å²) in [6.07, 6.45) is 2.14. The second-order valence-corrected chi connectivity index (χ2v) is 8.91. The van der Waals surface area contributed by atoms with E-state index in [0.717, 1.165) is 34.5 Å². The topological polar surface area (TPSA) is 93.9 Å². The van der Waals surface area contributed by atoms with Gasteiger partial charge in [0.15, 0.2) is 5.69 Å². The summed E-state index contributed by atoms with van der Waals surface area (Å²) < 4.78 is 17.3. The van der Waals surface area contributed by atoms with Crippen molar-refractivity contribution in [2.75, 3.05) is 18.1 Å². The van der Waals surface area contributed by atoms with Gasteiger partial charge in [0, 0.05) is 29.8 Å². The minimum atomic E-state index is -0.923. The van der Waals surface area contributed by atoms with Crippen LogP contribution in [0.4, 0.5) is 5.69 Å².